The Morgan fingerprint density at radius 2 is 1.75 bits per heavy atom. The van der Waals surface area contributed by atoms with Crippen LogP contribution in [0.4, 0.5) is 0 Å². The number of carbonyl (C=O) groups excluding carboxylic acids is 3. The van der Waals surface area contributed by atoms with Crippen LogP contribution in [0.1, 0.15) is 33.2 Å². The molecule has 1 aromatic heterocycles. The molecule has 1 aliphatic heterocycles. The molecule has 1 fully saturated rings. The third-order valence-electron chi connectivity index (χ3n) is 4.87. The van der Waals surface area contributed by atoms with E-state index < -0.39 is 0 Å². The second kappa shape index (κ2) is 9.12. The quantitative estimate of drug-likeness (QED) is 0.715. The summed E-state index contributed by atoms with van der Waals surface area (Å²) in [5.74, 6) is -0.321. The van der Waals surface area contributed by atoms with Crippen LogP contribution in [0.25, 0.3) is 0 Å². The molecule has 0 saturated carbocycles. The molecular formula is C21H24N4O3. The Morgan fingerprint density at radius 3 is 2.39 bits per heavy atom. The number of hydrogen-bond donors (Lipinski definition) is 0. The number of nitrogens with zero attached hydrogens (tertiary/aromatic N) is 4. The summed E-state index contributed by atoms with van der Waals surface area (Å²) in [6.07, 6.45) is 3.78. The average Bonchev–Trinajstić information content (AvgIpc) is 2.77. The lowest BCUT2D eigenvalue weighted by molar-refractivity contribution is -0.119. The van der Waals surface area contributed by atoms with Crippen LogP contribution < -0.4 is 0 Å². The number of rotatable bonds is 6. The summed E-state index contributed by atoms with van der Waals surface area (Å²) >= 11 is 0. The highest BCUT2D eigenvalue weighted by Crippen LogP contribution is 2.13. The lowest BCUT2D eigenvalue weighted by atomic mass is 10.1. The summed E-state index contributed by atoms with van der Waals surface area (Å²) in [5, 5.41) is 0. The molecule has 7 nitrogen and oxygen atoms in total. The summed E-state index contributed by atoms with van der Waals surface area (Å²) < 4.78 is 0. The highest BCUT2D eigenvalue weighted by molar-refractivity contribution is 5.99. The molecule has 1 aromatic carbocycles. The Kier molecular flexibility index (Phi) is 6.37. The molecule has 28 heavy (non-hydrogen) atoms. The second-order valence-corrected chi connectivity index (χ2v) is 6.70. The molecule has 3 amide bonds. The van der Waals surface area contributed by atoms with E-state index in [1.54, 1.807) is 20.8 Å². The Hall–Kier alpha value is -3.22. The largest absolute Gasteiger partial charge is 0.342 e. The van der Waals surface area contributed by atoms with E-state index in [1.165, 1.54) is 12.4 Å². The van der Waals surface area contributed by atoms with Crippen LogP contribution in [-0.4, -0.2) is 70.6 Å². The van der Waals surface area contributed by atoms with Crippen LogP contribution in [-0.2, 0) is 11.3 Å². The first-order valence-electron chi connectivity index (χ1n) is 9.39. The molecule has 0 radical (unpaired) electrons. The molecule has 1 saturated heterocycles. The van der Waals surface area contributed by atoms with Gasteiger partial charge in [-0.3, -0.25) is 19.4 Å². The van der Waals surface area contributed by atoms with Gasteiger partial charge >= 0.3 is 0 Å². The summed E-state index contributed by atoms with van der Waals surface area (Å²) in [6, 6.07) is 11.4. The average molecular weight is 380 g/mol. The Labute approximate surface area is 164 Å². The third kappa shape index (κ3) is 4.54. The van der Waals surface area contributed by atoms with E-state index in [4.69, 9.17) is 0 Å². The topological polar surface area (TPSA) is 73.8 Å². The molecule has 7 heteroatoms. The van der Waals surface area contributed by atoms with E-state index >= 15 is 0 Å². The van der Waals surface area contributed by atoms with Gasteiger partial charge in [0.2, 0.25) is 6.41 Å². The Morgan fingerprint density at radius 1 is 1.07 bits per heavy atom. The van der Waals surface area contributed by atoms with Gasteiger partial charge in [0.1, 0.15) is 0 Å². The maximum absolute atomic E-state index is 12.9. The molecule has 0 aliphatic carbocycles. The normalized spacial score (nSPS) is 13.9. The Bertz CT molecular complexity index is 833. The number of piperazine rings is 1. The zero-order valence-corrected chi connectivity index (χ0v) is 16.0. The second-order valence-electron chi connectivity index (χ2n) is 6.70. The van der Waals surface area contributed by atoms with Crippen molar-refractivity contribution in [1.82, 2.24) is 19.7 Å². The molecule has 2 aromatic rings. The van der Waals surface area contributed by atoms with Gasteiger partial charge in [-0.15, -0.1) is 0 Å². The van der Waals surface area contributed by atoms with Crippen molar-refractivity contribution in [3.8, 4) is 0 Å². The fourth-order valence-corrected chi connectivity index (χ4v) is 3.20. The van der Waals surface area contributed by atoms with E-state index in [-0.39, 0.29) is 11.8 Å². The zero-order valence-electron chi connectivity index (χ0n) is 16.0. The molecule has 146 valence electrons. The molecule has 0 bridgehead atoms. The van der Waals surface area contributed by atoms with Crippen LogP contribution in [0.3, 0.4) is 0 Å². The van der Waals surface area contributed by atoms with E-state index in [1.807, 2.05) is 37.3 Å². The molecule has 0 unspecified atom stereocenters. The summed E-state index contributed by atoms with van der Waals surface area (Å²) in [6.45, 7) is 4.97. The molecular weight excluding hydrogens is 356 g/mol. The number of aromatic nitrogens is 1. The minimum atomic E-state index is -0.168. The van der Waals surface area contributed by atoms with Gasteiger partial charge in [0.15, 0.2) is 0 Å². The highest BCUT2D eigenvalue weighted by Gasteiger charge is 2.23. The van der Waals surface area contributed by atoms with Gasteiger partial charge in [0.25, 0.3) is 11.8 Å². The number of amides is 3. The number of benzene rings is 1. The predicted molar refractivity (Wildman–Crippen MR) is 105 cm³/mol. The zero-order chi connectivity index (χ0) is 19.9. The molecule has 2 heterocycles. The van der Waals surface area contributed by atoms with Crippen LogP contribution in [0.5, 0.6) is 0 Å². The predicted octanol–water partition coefficient (Wildman–Crippen LogP) is 1.66. The van der Waals surface area contributed by atoms with Gasteiger partial charge in [-0.25, -0.2) is 0 Å². The van der Waals surface area contributed by atoms with Crippen molar-refractivity contribution < 1.29 is 14.4 Å². The lowest BCUT2D eigenvalue weighted by Gasteiger charge is -2.32. The molecule has 1 aliphatic rings. The fraction of sp³-hybridized carbons (Fsp3) is 0.333. The van der Waals surface area contributed by atoms with Crippen molar-refractivity contribution in [1.29, 1.82) is 0 Å². The van der Waals surface area contributed by atoms with Gasteiger partial charge in [-0.05, 0) is 18.6 Å². The van der Waals surface area contributed by atoms with E-state index in [9.17, 15) is 14.4 Å². The van der Waals surface area contributed by atoms with Crippen molar-refractivity contribution in [2.75, 3.05) is 32.7 Å². The number of hydrogen-bond acceptors (Lipinski definition) is 4. The van der Waals surface area contributed by atoms with Crippen molar-refractivity contribution in [3.05, 3.63) is 65.5 Å². The highest BCUT2D eigenvalue weighted by atomic mass is 16.2. The molecule has 0 N–H and O–H groups in total. The van der Waals surface area contributed by atoms with Gasteiger partial charge in [-0.2, -0.15) is 0 Å². The standard InChI is InChI=1S/C21H24N4O3/c1-2-24(15-17-6-4-3-5-7-17)20(27)18-12-19(14-22-13-18)21(28)25-10-8-23(16-26)9-11-25/h3-7,12-14,16H,2,8-11,15H2,1H3. The number of pyridine rings is 1. The van der Waals surface area contributed by atoms with Gasteiger partial charge in [-0.1, -0.05) is 30.3 Å². The summed E-state index contributed by atoms with van der Waals surface area (Å²) in [7, 11) is 0. The first-order chi connectivity index (χ1) is 13.6. The maximum Gasteiger partial charge on any atom is 0.255 e. The van der Waals surface area contributed by atoms with Crippen molar-refractivity contribution in [2.45, 2.75) is 13.5 Å². The van der Waals surface area contributed by atoms with Crippen LogP contribution in [0, 0.1) is 0 Å². The minimum absolute atomic E-state index is 0.153. The maximum atomic E-state index is 12.9. The first-order valence-corrected chi connectivity index (χ1v) is 9.39. The van der Waals surface area contributed by atoms with Crippen molar-refractivity contribution in [2.24, 2.45) is 0 Å². The Balaban J connectivity index is 1.71. The third-order valence-corrected chi connectivity index (χ3v) is 4.87. The van der Waals surface area contributed by atoms with E-state index in [0.717, 1.165) is 12.0 Å². The fourth-order valence-electron chi connectivity index (χ4n) is 3.20. The molecule has 0 spiro atoms. The van der Waals surface area contributed by atoms with Crippen LogP contribution in [0.15, 0.2) is 48.8 Å². The lowest BCUT2D eigenvalue weighted by Crippen LogP contribution is -2.48. The smallest absolute Gasteiger partial charge is 0.255 e. The molecule has 3 rings (SSSR count). The SMILES string of the molecule is CCN(Cc1ccccc1)C(=O)c1cncc(C(=O)N2CCN(C=O)CC2)c1. The van der Waals surface area contributed by atoms with Gasteiger partial charge in [0, 0.05) is 51.7 Å². The van der Waals surface area contributed by atoms with Crippen molar-refractivity contribution in [3.63, 3.8) is 0 Å². The van der Waals surface area contributed by atoms with Crippen LogP contribution in [0.2, 0.25) is 0 Å². The summed E-state index contributed by atoms with van der Waals surface area (Å²) in [5.41, 5.74) is 1.84. The van der Waals surface area contributed by atoms with Gasteiger partial charge < -0.3 is 14.7 Å². The van der Waals surface area contributed by atoms with E-state index in [0.29, 0.717) is 50.4 Å². The first kappa shape index (κ1) is 19.5. The minimum Gasteiger partial charge on any atom is -0.342 e. The van der Waals surface area contributed by atoms with Gasteiger partial charge in [0.05, 0.1) is 11.1 Å². The molecule has 0 atom stereocenters. The van der Waals surface area contributed by atoms with Crippen LogP contribution >= 0.6 is 0 Å². The van der Waals surface area contributed by atoms with Crippen molar-refractivity contribution >= 4 is 18.2 Å². The van der Waals surface area contributed by atoms with E-state index in [2.05, 4.69) is 4.98 Å². The number of carbonyl (C=O) groups is 3. The summed E-state index contributed by atoms with van der Waals surface area (Å²) in [4.78, 5) is 45.7. The monoisotopic (exact) mass is 380 g/mol.